The smallest absolute Gasteiger partial charge is 0.242 e. The monoisotopic (exact) mass is 241 g/mol. The Balaban J connectivity index is 2.42. The van der Waals surface area contributed by atoms with Crippen LogP contribution in [0.4, 0.5) is 0 Å². The number of amides is 2. The van der Waals surface area contributed by atoms with Gasteiger partial charge in [0.25, 0.3) is 0 Å². The third-order valence-corrected chi connectivity index (χ3v) is 3.24. The highest BCUT2D eigenvalue weighted by Gasteiger charge is 2.37. The van der Waals surface area contributed by atoms with E-state index in [2.05, 4.69) is 10.6 Å². The number of rotatable bonds is 5. The molecule has 0 radical (unpaired) electrons. The molecule has 5 heteroatoms. The standard InChI is InChI=1S/C12H23N3O2/c1-3-8-14-10(16)9(2)15-11(17)12(13)6-4-5-7-12/h9H,3-8,13H2,1-2H3,(H,14,16)(H,15,17). The molecule has 1 aliphatic rings. The Morgan fingerprint density at radius 2 is 1.94 bits per heavy atom. The normalized spacial score (nSPS) is 19.7. The Bertz CT molecular complexity index is 285. The van der Waals surface area contributed by atoms with Crippen LogP contribution in [0.25, 0.3) is 0 Å². The molecule has 0 spiro atoms. The van der Waals surface area contributed by atoms with E-state index in [1.807, 2.05) is 6.92 Å². The van der Waals surface area contributed by atoms with Gasteiger partial charge in [0.2, 0.25) is 11.8 Å². The van der Waals surface area contributed by atoms with Crippen molar-refractivity contribution in [2.75, 3.05) is 6.54 Å². The molecule has 0 saturated heterocycles. The van der Waals surface area contributed by atoms with Crippen molar-refractivity contribution in [3.8, 4) is 0 Å². The van der Waals surface area contributed by atoms with Crippen molar-refractivity contribution in [1.82, 2.24) is 10.6 Å². The summed E-state index contributed by atoms with van der Waals surface area (Å²) in [5, 5.41) is 5.44. The van der Waals surface area contributed by atoms with Gasteiger partial charge in [0.1, 0.15) is 6.04 Å². The van der Waals surface area contributed by atoms with Gasteiger partial charge in [-0.05, 0) is 26.2 Å². The lowest BCUT2D eigenvalue weighted by Gasteiger charge is -2.24. The molecule has 17 heavy (non-hydrogen) atoms. The topological polar surface area (TPSA) is 84.2 Å². The average Bonchev–Trinajstić information content (AvgIpc) is 2.74. The molecule has 0 heterocycles. The highest BCUT2D eigenvalue weighted by Crippen LogP contribution is 2.27. The van der Waals surface area contributed by atoms with Crippen LogP contribution in [0.3, 0.4) is 0 Å². The van der Waals surface area contributed by atoms with Crippen LogP contribution in [0.2, 0.25) is 0 Å². The summed E-state index contributed by atoms with van der Waals surface area (Å²) in [6, 6.07) is -0.518. The fourth-order valence-corrected chi connectivity index (χ4v) is 2.04. The van der Waals surface area contributed by atoms with Crippen molar-refractivity contribution in [2.45, 2.75) is 57.5 Å². The number of carbonyl (C=O) groups excluding carboxylic acids is 2. The van der Waals surface area contributed by atoms with E-state index in [0.29, 0.717) is 19.4 Å². The van der Waals surface area contributed by atoms with Gasteiger partial charge in [0.15, 0.2) is 0 Å². The first-order valence-electron chi connectivity index (χ1n) is 6.37. The fourth-order valence-electron chi connectivity index (χ4n) is 2.04. The Morgan fingerprint density at radius 3 is 2.47 bits per heavy atom. The number of nitrogens with two attached hydrogens (primary N) is 1. The average molecular weight is 241 g/mol. The van der Waals surface area contributed by atoms with Crippen LogP contribution in [0.1, 0.15) is 46.0 Å². The van der Waals surface area contributed by atoms with Gasteiger partial charge in [0, 0.05) is 6.54 Å². The van der Waals surface area contributed by atoms with Gasteiger partial charge in [-0.15, -0.1) is 0 Å². The summed E-state index contributed by atoms with van der Waals surface area (Å²) in [4.78, 5) is 23.5. The van der Waals surface area contributed by atoms with Crippen LogP contribution in [-0.2, 0) is 9.59 Å². The van der Waals surface area contributed by atoms with E-state index in [9.17, 15) is 9.59 Å². The summed E-state index contributed by atoms with van der Waals surface area (Å²) in [5.74, 6) is -0.351. The molecule has 1 atom stereocenters. The second kappa shape index (κ2) is 6.00. The van der Waals surface area contributed by atoms with Gasteiger partial charge in [-0.1, -0.05) is 19.8 Å². The van der Waals surface area contributed by atoms with E-state index in [4.69, 9.17) is 5.73 Å². The zero-order chi connectivity index (χ0) is 12.9. The Kier molecular flexibility index (Phi) is 4.93. The van der Waals surface area contributed by atoms with Crippen LogP contribution in [0.5, 0.6) is 0 Å². The zero-order valence-corrected chi connectivity index (χ0v) is 10.7. The molecule has 4 N–H and O–H groups in total. The third kappa shape index (κ3) is 3.70. The molecule has 0 aromatic carbocycles. The highest BCUT2D eigenvalue weighted by molar-refractivity contribution is 5.91. The molecule has 1 fully saturated rings. The summed E-state index contributed by atoms with van der Waals surface area (Å²) in [6.45, 7) is 4.30. The minimum absolute atomic E-state index is 0.151. The molecular formula is C12H23N3O2. The van der Waals surface area contributed by atoms with E-state index >= 15 is 0 Å². The molecule has 0 bridgehead atoms. The van der Waals surface area contributed by atoms with Crippen molar-refractivity contribution in [3.05, 3.63) is 0 Å². The maximum absolute atomic E-state index is 11.9. The first-order chi connectivity index (χ1) is 7.99. The lowest BCUT2D eigenvalue weighted by Crippen LogP contribution is -2.56. The van der Waals surface area contributed by atoms with Crippen molar-refractivity contribution in [1.29, 1.82) is 0 Å². The lowest BCUT2D eigenvalue weighted by molar-refractivity contribution is -0.131. The Labute approximate surface area is 103 Å². The summed E-state index contributed by atoms with van der Waals surface area (Å²) < 4.78 is 0. The number of carbonyl (C=O) groups is 2. The van der Waals surface area contributed by atoms with Crippen LogP contribution < -0.4 is 16.4 Å². The second-order valence-electron chi connectivity index (χ2n) is 4.85. The summed E-state index contributed by atoms with van der Waals surface area (Å²) >= 11 is 0. The summed E-state index contributed by atoms with van der Waals surface area (Å²) in [7, 11) is 0. The Morgan fingerprint density at radius 1 is 1.35 bits per heavy atom. The molecule has 1 rings (SSSR count). The van der Waals surface area contributed by atoms with Crippen LogP contribution in [0, 0.1) is 0 Å². The first kappa shape index (κ1) is 14.0. The van der Waals surface area contributed by atoms with Gasteiger partial charge < -0.3 is 16.4 Å². The largest absolute Gasteiger partial charge is 0.354 e. The fraction of sp³-hybridized carbons (Fsp3) is 0.833. The van der Waals surface area contributed by atoms with Gasteiger partial charge in [-0.25, -0.2) is 0 Å². The summed E-state index contributed by atoms with van der Waals surface area (Å²) in [6.07, 6.45) is 4.28. The van der Waals surface area contributed by atoms with E-state index in [1.54, 1.807) is 6.92 Å². The van der Waals surface area contributed by atoms with E-state index in [1.165, 1.54) is 0 Å². The van der Waals surface area contributed by atoms with Crippen LogP contribution in [-0.4, -0.2) is 29.9 Å². The van der Waals surface area contributed by atoms with E-state index in [-0.39, 0.29) is 11.8 Å². The zero-order valence-electron chi connectivity index (χ0n) is 10.7. The van der Waals surface area contributed by atoms with Gasteiger partial charge in [0.05, 0.1) is 5.54 Å². The molecule has 1 aliphatic carbocycles. The van der Waals surface area contributed by atoms with Crippen LogP contribution >= 0.6 is 0 Å². The van der Waals surface area contributed by atoms with E-state index in [0.717, 1.165) is 19.3 Å². The maximum Gasteiger partial charge on any atom is 0.242 e. The lowest BCUT2D eigenvalue weighted by atomic mass is 9.98. The van der Waals surface area contributed by atoms with Crippen molar-refractivity contribution in [3.63, 3.8) is 0 Å². The molecule has 2 amide bonds. The van der Waals surface area contributed by atoms with Gasteiger partial charge in [-0.3, -0.25) is 9.59 Å². The maximum atomic E-state index is 11.9. The Hall–Kier alpha value is -1.10. The highest BCUT2D eigenvalue weighted by atomic mass is 16.2. The second-order valence-corrected chi connectivity index (χ2v) is 4.85. The molecule has 1 unspecified atom stereocenters. The van der Waals surface area contributed by atoms with Crippen LogP contribution in [0.15, 0.2) is 0 Å². The predicted octanol–water partition coefficient (Wildman–Crippen LogP) is 0.289. The van der Waals surface area contributed by atoms with Gasteiger partial charge >= 0.3 is 0 Å². The molecule has 0 aromatic heterocycles. The summed E-state index contributed by atoms with van der Waals surface area (Å²) in [5.41, 5.74) is 5.24. The SMILES string of the molecule is CCCNC(=O)C(C)NC(=O)C1(N)CCCC1. The number of hydrogen-bond acceptors (Lipinski definition) is 3. The molecule has 98 valence electrons. The number of hydrogen-bond donors (Lipinski definition) is 3. The molecule has 0 aliphatic heterocycles. The van der Waals surface area contributed by atoms with Crippen molar-refractivity contribution >= 4 is 11.8 Å². The van der Waals surface area contributed by atoms with Crippen molar-refractivity contribution in [2.24, 2.45) is 5.73 Å². The third-order valence-electron chi connectivity index (χ3n) is 3.24. The predicted molar refractivity (Wildman–Crippen MR) is 66.3 cm³/mol. The minimum atomic E-state index is -0.765. The molecule has 5 nitrogen and oxygen atoms in total. The van der Waals surface area contributed by atoms with E-state index < -0.39 is 11.6 Å². The molecule has 0 aromatic rings. The quantitative estimate of drug-likeness (QED) is 0.647. The van der Waals surface area contributed by atoms with Gasteiger partial charge in [-0.2, -0.15) is 0 Å². The van der Waals surface area contributed by atoms with Crippen molar-refractivity contribution < 1.29 is 9.59 Å². The molecule has 1 saturated carbocycles. The molecular weight excluding hydrogens is 218 g/mol. The minimum Gasteiger partial charge on any atom is -0.354 e. The first-order valence-corrected chi connectivity index (χ1v) is 6.37. The number of nitrogens with one attached hydrogen (secondary N) is 2.